The first kappa shape index (κ1) is 13.3. The Morgan fingerprint density at radius 1 is 1.33 bits per heavy atom. The first-order valence-corrected chi connectivity index (χ1v) is 6.46. The average molecular weight is 290 g/mol. The van der Waals surface area contributed by atoms with Crippen molar-refractivity contribution in [3.05, 3.63) is 23.4 Å². The Bertz CT molecular complexity index is 653. The minimum Gasteiger partial charge on any atom is -0.496 e. The number of rotatable bonds is 3. The van der Waals surface area contributed by atoms with Crippen molar-refractivity contribution in [3.63, 3.8) is 0 Å². The van der Waals surface area contributed by atoms with Crippen LogP contribution in [0.15, 0.2) is 17.8 Å². The lowest BCUT2D eigenvalue weighted by Gasteiger charge is -2.08. The molecule has 7 heteroatoms. The summed E-state index contributed by atoms with van der Waals surface area (Å²) in [6.45, 7) is 2.21. The Labute approximate surface area is 121 Å². The van der Waals surface area contributed by atoms with Crippen LogP contribution in [0.4, 0.5) is 4.79 Å². The number of ether oxygens (including phenoxy) is 3. The van der Waals surface area contributed by atoms with Crippen molar-refractivity contribution in [2.75, 3.05) is 20.4 Å². The third-order valence-electron chi connectivity index (χ3n) is 3.30. The van der Waals surface area contributed by atoms with Gasteiger partial charge in [0.25, 0.3) is 5.91 Å². The fraction of sp³-hybridized carbons (Fsp3) is 0.286. The third kappa shape index (κ3) is 2.16. The summed E-state index contributed by atoms with van der Waals surface area (Å²) in [6.07, 6.45) is 1.57. The van der Waals surface area contributed by atoms with Gasteiger partial charge in [0.2, 0.25) is 6.79 Å². The molecular weight excluding hydrogens is 276 g/mol. The van der Waals surface area contributed by atoms with Gasteiger partial charge in [0.1, 0.15) is 11.4 Å². The highest BCUT2D eigenvalue weighted by Crippen LogP contribution is 2.39. The van der Waals surface area contributed by atoms with Gasteiger partial charge in [0.15, 0.2) is 11.5 Å². The Kier molecular flexibility index (Phi) is 3.17. The van der Waals surface area contributed by atoms with E-state index in [9.17, 15) is 9.59 Å². The molecule has 0 unspecified atom stereocenters. The van der Waals surface area contributed by atoms with E-state index < -0.39 is 6.03 Å². The van der Waals surface area contributed by atoms with Gasteiger partial charge < -0.3 is 19.5 Å². The summed E-state index contributed by atoms with van der Waals surface area (Å²) < 4.78 is 15.9. The summed E-state index contributed by atoms with van der Waals surface area (Å²) in [4.78, 5) is 24.8. The van der Waals surface area contributed by atoms with Crippen LogP contribution in [0.5, 0.6) is 17.2 Å². The van der Waals surface area contributed by atoms with Crippen LogP contribution in [0, 0.1) is 0 Å². The molecule has 0 spiro atoms. The number of methoxy groups -OCH3 is 1. The molecule has 0 atom stereocenters. The van der Waals surface area contributed by atoms with Crippen LogP contribution in [-0.2, 0) is 4.79 Å². The molecule has 0 aliphatic carbocycles. The number of hydrogen-bond acceptors (Lipinski definition) is 5. The minimum atomic E-state index is -0.423. The molecule has 21 heavy (non-hydrogen) atoms. The van der Waals surface area contributed by atoms with Gasteiger partial charge in [-0.05, 0) is 19.1 Å². The van der Waals surface area contributed by atoms with Gasteiger partial charge in [-0.3, -0.25) is 9.69 Å². The number of imide groups is 1. The highest BCUT2D eigenvalue weighted by Gasteiger charge is 2.32. The van der Waals surface area contributed by atoms with Crippen molar-refractivity contribution in [3.8, 4) is 17.2 Å². The molecule has 0 aromatic heterocycles. The molecular formula is C14H14N2O5. The molecule has 1 aromatic carbocycles. The quantitative estimate of drug-likeness (QED) is 0.671. The van der Waals surface area contributed by atoms with Crippen LogP contribution in [-0.4, -0.2) is 37.3 Å². The predicted molar refractivity (Wildman–Crippen MR) is 73.0 cm³/mol. The molecule has 7 nitrogen and oxygen atoms in total. The van der Waals surface area contributed by atoms with E-state index in [1.165, 1.54) is 7.11 Å². The molecule has 2 aliphatic heterocycles. The highest BCUT2D eigenvalue weighted by molar-refractivity contribution is 6.14. The number of amides is 3. The van der Waals surface area contributed by atoms with E-state index in [-0.39, 0.29) is 18.4 Å². The summed E-state index contributed by atoms with van der Waals surface area (Å²) >= 11 is 0. The average Bonchev–Trinajstić information content (AvgIpc) is 3.02. The Hall–Kier alpha value is -2.70. The van der Waals surface area contributed by atoms with Gasteiger partial charge in [0, 0.05) is 18.2 Å². The van der Waals surface area contributed by atoms with Crippen molar-refractivity contribution in [2.45, 2.75) is 6.92 Å². The zero-order valence-electron chi connectivity index (χ0n) is 11.6. The summed E-state index contributed by atoms with van der Waals surface area (Å²) in [6, 6.07) is 2.98. The number of hydrogen-bond donors (Lipinski definition) is 1. The summed E-state index contributed by atoms with van der Waals surface area (Å²) in [5.41, 5.74) is 0.836. The second kappa shape index (κ2) is 5.01. The van der Waals surface area contributed by atoms with Crippen molar-refractivity contribution in [1.29, 1.82) is 0 Å². The summed E-state index contributed by atoms with van der Waals surface area (Å²) in [5.74, 6) is 1.34. The second-order valence-corrected chi connectivity index (χ2v) is 4.48. The maximum atomic E-state index is 12.1. The van der Waals surface area contributed by atoms with Gasteiger partial charge >= 0.3 is 6.03 Å². The van der Waals surface area contributed by atoms with Gasteiger partial charge in [0.05, 0.1) is 7.11 Å². The number of carbonyl (C=O) groups is 2. The molecule has 110 valence electrons. The second-order valence-electron chi connectivity index (χ2n) is 4.48. The van der Waals surface area contributed by atoms with E-state index in [4.69, 9.17) is 14.2 Å². The maximum Gasteiger partial charge on any atom is 0.328 e. The third-order valence-corrected chi connectivity index (χ3v) is 3.30. The van der Waals surface area contributed by atoms with E-state index in [1.807, 2.05) is 0 Å². The van der Waals surface area contributed by atoms with E-state index in [0.717, 1.165) is 4.90 Å². The van der Waals surface area contributed by atoms with Crippen LogP contribution in [0.25, 0.3) is 6.08 Å². The fourth-order valence-corrected chi connectivity index (χ4v) is 2.24. The molecule has 3 amide bonds. The molecule has 1 aromatic rings. The number of likely N-dealkylation sites (N-methyl/N-ethyl adjacent to an activating group) is 1. The first-order chi connectivity index (χ1) is 10.1. The minimum absolute atomic E-state index is 0.151. The molecule has 1 N–H and O–H groups in total. The van der Waals surface area contributed by atoms with Crippen LogP contribution in [0.3, 0.4) is 0 Å². The SMILES string of the molecule is CCN1C(=O)N/C(=C/c2cc3c(cc2OC)OCO3)C1=O. The molecule has 3 rings (SSSR count). The van der Waals surface area contributed by atoms with E-state index in [0.29, 0.717) is 29.4 Å². The van der Waals surface area contributed by atoms with E-state index in [1.54, 1.807) is 25.1 Å². The predicted octanol–water partition coefficient (Wildman–Crippen LogP) is 1.34. The molecule has 0 radical (unpaired) electrons. The summed E-state index contributed by atoms with van der Waals surface area (Å²) in [5, 5.41) is 2.54. The first-order valence-electron chi connectivity index (χ1n) is 6.46. The number of nitrogens with zero attached hydrogens (tertiary/aromatic N) is 1. The fourth-order valence-electron chi connectivity index (χ4n) is 2.24. The zero-order chi connectivity index (χ0) is 15.0. The summed E-state index contributed by atoms with van der Waals surface area (Å²) in [7, 11) is 1.52. The maximum absolute atomic E-state index is 12.1. The topological polar surface area (TPSA) is 77.1 Å². The molecule has 1 saturated heterocycles. The number of nitrogens with one attached hydrogen (secondary N) is 1. The lowest BCUT2D eigenvalue weighted by atomic mass is 10.1. The largest absolute Gasteiger partial charge is 0.496 e. The number of urea groups is 1. The van der Waals surface area contributed by atoms with Gasteiger partial charge in [-0.1, -0.05) is 0 Å². The molecule has 2 heterocycles. The molecule has 2 aliphatic rings. The van der Waals surface area contributed by atoms with Gasteiger partial charge in [-0.2, -0.15) is 0 Å². The van der Waals surface area contributed by atoms with E-state index >= 15 is 0 Å². The standard InChI is InChI=1S/C14H14N2O5/c1-3-16-13(17)9(15-14(16)18)4-8-5-11-12(21-7-20-11)6-10(8)19-2/h4-6H,3,7H2,1-2H3,(H,15,18)/b9-4+. The van der Waals surface area contributed by atoms with Crippen molar-refractivity contribution < 1.29 is 23.8 Å². The molecule has 0 bridgehead atoms. The Morgan fingerprint density at radius 3 is 2.67 bits per heavy atom. The van der Waals surface area contributed by atoms with E-state index in [2.05, 4.69) is 5.32 Å². The van der Waals surface area contributed by atoms with Crippen molar-refractivity contribution in [1.82, 2.24) is 10.2 Å². The van der Waals surface area contributed by atoms with Crippen molar-refractivity contribution >= 4 is 18.0 Å². The lowest BCUT2D eigenvalue weighted by molar-refractivity contribution is -0.122. The molecule has 0 saturated carbocycles. The van der Waals surface area contributed by atoms with Gasteiger partial charge in [-0.25, -0.2) is 4.79 Å². The Balaban J connectivity index is 2.00. The van der Waals surface area contributed by atoms with Crippen LogP contribution in [0.2, 0.25) is 0 Å². The normalized spacial score (nSPS) is 18.4. The van der Waals surface area contributed by atoms with Gasteiger partial charge in [-0.15, -0.1) is 0 Å². The van der Waals surface area contributed by atoms with Crippen LogP contribution in [0.1, 0.15) is 12.5 Å². The number of benzene rings is 1. The van der Waals surface area contributed by atoms with Crippen LogP contribution < -0.4 is 19.5 Å². The molecule has 1 fully saturated rings. The highest BCUT2D eigenvalue weighted by atomic mass is 16.7. The monoisotopic (exact) mass is 290 g/mol. The smallest absolute Gasteiger partial charge is 0.328 e. The van der Waals surface area contributed by atoms with Crippen LogP contribution >= 0.6 is 0 Å². The number of fused-ring (bicyclic) bond motifs is 1. The lowest BCUT2D eigenvalue weighted by Crippen LogP contribution is -2.30. The number of carbonyl (C=O) groups excluding carboxylic acids is 2. The zero-order valence-corrected chi connectivity index (χ0v) is 11.6. The Morgan fingerprint density at radius 2 is 2.05 bits per heavy atom. The van der Waals surface area contributed by atoms with Crippen molar-refractivity contribution in [2.24, 2.45) is 0 Å².